The number of piperidine rings is 1. The Morgan fingerprint density at radius 1 is 1.11 bits per heavy atom. The maximum atomic E-state index is 14.7. The third-order valence-electron chi connectivity index (χ3n) is 8.34. The van der Waals surface area contributed by atoms with E-state index in [4.69, 9.17) is 10.5 Å². The van der Waals surface area contributed by atoms with Crippen molar-refractivity contribution in [2.75, 3.05) is 30.3 Å². The molecule has 2 aliphatic heterocycles. The summed E-state index contributed by atoms with van der Waals surface area (Å²) in [7, 11) is 0. The summed E-state index contributed by atoms with van der Waals surface area (Å²) < 4.78 is 51.2. The van der Waals surface area contributed by atoms with E-state index in [-0.39, 0.29) is 28.5 Å². The Morgan fingerprint density at radius 3 is 2.50 bits per heavy atom. The van der Waals surface area contributed by atoms with Crippen LogP contribution in [-0.4, -0.2) is 67.7 Å². The zero-order valence-electron chi connectivity index (χ0n) is 23.8. The Morgan fingerprint density at radius 2 is 1.86 bits per heavy atom. The zero-order chi connectivity index (χ0) is 31.1. The highest BCUT2D eigenvalue weighted by Crippen LogP contribution is 2.42. The summed E-state index contributed by atoms with van der Waals surface area (Å²) in [6, 6.07) is 10.6. The van der Waals surface area contributed by atoms with Gasteiger partial charge in [0.2, 0.25) is 17.9 Å². The molecule has 1 spiro atoms. The van der Waals surface area contributed by atoms with Crippen LogP contribution in [0.5, 0.6) is 5.88 Å². The summed E-state index contributed by atoms with van der Waals surface area (Å²) in [5.41, 5.74) is 7.96. The largest absolute Gasteiger partial charge is 0.480 e. The number of nitrogens with zero attached hydrogens (tertiary/aromatic N) is 6. The summed E-state index contributed by atoms with van der Waals surface area (Å²) >= 11 is 0. The fourth-order valence-electron chi connectivity index (χ4n) is 6.00. The molecule has 4 N–H and O–H groups in total. The number of aryl methyl sites for hydroxylation is 1. The molecular weight excluding hydrogens is 577 g/mol. The van der Waals surface area contributed by atoms with Crippen molar-refractivity contribution in [2.45, 2.75) is 44.5 Å². The first-order valence-corrected chi connectivity index (χ1v) is 14.2. The number of nitrogens with one attached hydrogen (secondary N) is 1. The van der Waals surface area contributed by atoms with Crippen LogP contribution in [0.3, 0.4) is 0 Å². The number of halogens is 3. The van der Waals surface area contributed by atoms with Crippen LogP contribution in [0, 0.1) is 12.3 Å². The van der Waals surface area contributed by atoms with Gasteiger partial charge in [-0.05, 0) is 67.0 Å². The number of carboxylic acid groups (broad SMARTS) is 1. The van der Waals surface area contributed by atoms with Gasteiger partial charge in [0, 0.05) is 49.9 Å². The van der Waals surface area contributed by atoms with Gasteiger partial charge in [-0.2, -0.15) is 28.2 Å². The highest BCUT2D eigenvalue weighted by molar-refractivity contribution is 5.74. The van der Waals surface area contributed by atoms with Crippen molar-refractivity contribution >= 4 is 17.7 Å². The molecule has 230 valence electrons. The Bertz CT molecular complexity index is 1650. The average Bonchev–Trinajstić information content (AvgIpc) is 3.62. The van der Waals surface area contributed by atoms with Crippen LogP contribution in [-0.2, 0) is 4.79 Å². The van der Waals surface area contributed by atoms with E-state index in [1.54, 1.807) is 55.8 Å². The predicted octanol–water partition coefficient (Wildman–Crippen LogP) is 4.33. The molecule has 6 rings (SSSR count). The van der Waals surface area contributed by atoms with Crippen molar-refractivity contribution in [1.29, 1.82) is 0 Å². The maximum Gasteiger partial charge on any atom is 0.429 e. The first-order chi connectivity index (χ1) is 21.0. The zero-order valence-corrected chi connectivity index (χ0v) is 23.8. The maximum absolute atomic E-state index is 14.7. The van der Waals surface area contributed by atoms with Crippen LogP contribution in [0.1, 0.15) is 36.6 Å². The highest BCUT2D eigenvalue weighted by atomic mass is 19.4. The molecule has 0 aliphatic carbocycles. The van der Waals surface area contributed by atoms with Gasteiger partial charge in [-0.25, -0.2) is 4.68 Å². The van der Waals surface area contributed by atoms with Gasteiger partial charge in [-0.3, -0.25) is 9.78 Å². The lowest BCUT2D eigenvalue weighted by Crippen LogP contribution is -2.41. The Kier molecular flexibility index (Phi) is 7.61. The van der Waals surface area contributed by atoms with Gasteiger partial charge in [-0.15, -0.1) is 0 Å². The van der Waals surface area contributed by atoms with Gasteiger partial charge in [0.1, 0.15) is 11.9 Å². The monoisotopic (exact) mass is 608 g/mol. The molecule has 0 saturated carbocycles. The number of carboxylic acids is 1. The minimum Gasteiger partial charge on any atom is -0.480 e. The molecule has 2 fully saturated rings. The number of rotatable bonds is 7. The van der Waals surface area contributed by atoms with E-state index < -0.39 is 24.3 Å². The van der Waals surface area contributed by atoms with Crippen molar-refractivity contribution < 1.29 is 27.8 Å². The number of hydrogen-bond donors (Lipinski definition) is 3. The number of aromatic nitrogens is 5. The lowest BCUT2D eigenvalue weighted by molar-refractivity contribution is -0.198. The number of nitrogen functional groups attached to an aromatic ring is 1. The molecule has 3 aromatic heterocycles. The first kappa shape index (κ1) is 29.4. The summed E-state index contributed by atoms with van der Waals surface area (Å²) in [5, 5.41) is 16.8. The standard InChI is InChI=1S/C30H31F3N8O3/c1-18-6-11-41(39-18)23-14-20(19-4-9-35-10-5-19)2-3-21(23)26(30(31,32)33)44-25-15-24(37-28(34)38-25)40-12-7-29(8-13-40)16-22(27(42)43)36-17-29/h2-6,9-11,14-15,22,26,36H,7-8,12-13,16-17H2,1H3,(H,42,43)(H2,34,37,38)/t22-,26+/m0/s1. The lowest BCUT2D eigenvalue weighted by Gasteiger charge is -2.39. The molecule has 4 aromatic rings. The number of aliphatic carboxylic acids is 1. The van der Waals surface area contributed by atoms with E-state index in [9.17, 15) is 23.1 Å². The summed E-state index contributed by atoms with van der Waals surface area (Å²) in [6.45, 7) is 3.42. The minimum atomic E-state index is -4.82. The van der Waals surface area contributed by atoms with E-state index in [2.05, 4.69) is 25.4 Å². The first-order valence-electron chi connectivity index (χ1n) is 14.2. The molecule has 5 heterocycles. The molecule has 2 aliphatic rings. The van der Waals surface area contributed by atoms with Gasteiger partial charge in [0.15, 0.2) is 0 Å². The number of benzene rings is 1. The normalized spacial score (nSPS) is 18.8. The smallest absolute Gasteiger partial charge is 0.429 e. The van der Waals surface area contributed by atoms with Crippen LogP contribution in [0.25, 0.3) is 16.8 Å². The second kappa shape index (κ2) is 11.4. The van der Waals surface area contributed by atoms with E-state index in [0.29, 0.717) is 56.0 Å². The van der Waals surface area contributed by atoms with Crippen molar-refractivity contribution in [3.63, 3.8) is 0 Å². The van der Waals surface area contributed by atoms with Gasteiger partial charge < -0.3 is 25.8 Å². The third-order valence-corrected chi connectivity index (χ3v) is 8.34. The quantitative estimate of drug-likeness (QED) is 0.277. The molecule has 2 atom stereocenters. The van der Waals surface area contributed by atoms with Crippen LogP contribution in [0.2, 0.25) is 0 Å². The van der Waals surface area contributed by atoms with Crippen molar-refractivity contribution in [3.05, 3.63) is 72.3 Å². The second-order valence-corrected chi connectivity index (χ2v) is 11.3. The van der Waals surface area contributed by atoms with E-state index in [1.807, 2.05) is 4.90 Å². The Balaban J connectivity index is 1.30. The Labute approximate surface area is 250 Å². The molecule has 1 aromatic carbocycles. The lowest BCUT2D eigenvalue weighted by atomic mass is 9.76. The number of nitrogens with two attached hydrogens (primary N) is 1. The van der Waals surface area contributed by atoms with Crippen molar-refractivity contribution in [3.8, 4) is 22.7 Å². The minimum absolute atomic E-state index is 0.150. The number of pyridine rings is 1. The van der Waals surface area contributed by atoms with E-state index in [1.165, 1.54) is 16.8 Å². The summed E-state index contributed by atoms with van der Waals surface area (Å²) in [5.74, 6) is -1.06. The second-order valence-electron chi connectivity index (χ2n) is 11.3. The topological polar surface area (TPSA) is 144 Å². The molecular formula is C30H31F3N8O3. The van der Waals surface area contributed by atoms with Crippen molar-refractivity contribution in [1.82, 2.24) is 30.0 Å². The third kappa shape index (κ3) is 6.02. The van der Waals surface area contributed by atoms with Crippen molar-refractivity contribution in [2.24, 2.45) is 5.41 Å². The van der Waals surface area contributed by atoms with Crippen LogP contribution >= 0.6 is 0 Å². The highest BCUT2D eigenvalue weighted by Gasteiger charge is 2.46. The molecule has 14 heteroatoms. The molecule has 2 saturated heterocycles. The predicted molar refractivity (Wildman–Crippen MR) is 155 cm³/mol. The molecule has 44 heavy (non-hydrogen) atoms. The van der Waals surface area contributed by atoms with Gasteiger partial charge in [0.05, 0.1) is 11.4 Å². The fraction of sp³-hybridized carbons (Fsp3) is 0.367. The van der Waals surface area contributed by atoms with Crippen LogP contribution in [0.4, 0.5) is 24.9 Å². The van der Waals surface area contributed by atoms with E-state index in [0.717, 1.165) is 5.56 Å². The van der Waals surface area contributed by atoms with Crippen LogP contribution in [0.15, 0.2) is 61.1 Å². The molecule has 0 unspecified atom stereocenters. The van der Waals surface area contributed by atoms with Gasteiger partial charge in [0.25, 0.3) is 0 Å². The fourth-order valence-corrected chi connectivity index (χ4v) is 6.00. The number of carbonyl (C=O) groups is 1. The number of hydrogen-bond acceptors (Lipinski definition) is 9. The number of alkyl halides is 3. The van der Waals surface area contributed by atoms with Gasteiger partial charge >= 0.3 is 12.1 Å². The van der Waals surface area contributed by atoms with E-state index >= 15 is 0 Å². The average molecular weight is 609 g/mol. The van der Waals surface area contributed by atoms with Gasteiger partial charge in [-0.1, -0.05) is 12.1 Å². The molecule has 0 radical (unpaired) electrons. The molecule has 0 amide bonds. The number of ether oxygens (including phenoxy) is 1. The SMILES string of the molecule is Cc1ccn(-c2cc(-c3ccncc3)ccc2[C@@H](Oc2cc(N3CCC4(CC3)CN[C@H](C(=O)O)C4)nc(N)n2)C(F)(F)F)n1. The van der Waals surface area contributed by atoms with Crippen LogP contribution < -0.4 is 20.7 Å². The summed E-state index contributed by atoms with van der Waals surface area (Å²) in [6.07, 6.45) is -0.460. The summed E-state index contributed by atoms with van der Waals surface area (Å²) in [4.78, 5) is 25.6. The molecule has 0 bridgehead atoms. The molecule has 11 nitrogen and oxygen atoms in total. The Hall–Kier alpha value is -4.72. The number of anilines is 2.